The second kappa shape index (κ2) is 5.81. The molecule has 0 atom stereocenters. The first-order chi connectivity index (χ1) is 10.6. The van der Waals surface area contributed by atoms with Gasteiger partial charge in [0.15, 0.2) is 5.82 Å². The Bertz CT molecular complexity index is 667. The van der Waals surface area contributed by atoms with Gasteiger partial charge in [-0.2, -0.15) is 4.98 Å². The Balaban J connectivity index is 1.79. The van der Waals surface area contributed by atoms with Crippen molar-refractivity contribution in [2.75, 3.05) is 14.2 Å². The molecule has 2 aromatic rings. The van der Waals surface area contributed by atoms with Crippen LogP contribution in [0.1, 0.15) is 36.5 Å². The summed E-state index contributed by atoms with van der Waals surface area (Å²) in [7, 11) is 3.23. The predicted molar refractivity (Wildman–Crippen MR) is 82.5 cm³/mol. The second-order valence-electron chi connectivity index (χ2n) is 5.45. The van der Waals surface area contributed by atoms with E-state index in [-0.39, 0.29) is 0 Å². The van der Waals surface area contributed by atoms with Crippen LogP contribution in [0.4, 0.5) is 0 Å². The molecule has 1 fully saturated rings. The van der Waals surface area contributed by atoms with Crippen LogP contribution in [0.5, 0.6) is 11.5 Å². The molecule has 3 rings (SSSR count). The third kappa shape index (κ3) is 2.82. The number of aromatic nitrogens is 2. The van der Waals surface area contributed by atoms with Gasteiger partial charge in [0.1, 0.15) is 11.5 Å². The Morgan fingerprint density at radius 2 is 1.82 bits per heavy atom. The van der Waals surface area contributed by atoms with E-state index in [2.05, 4.69) is 10.1 Å². The lowest BCUT2D eigenvalue weighted by Crippen LogP contribution is -2.44. The fourth-order valence-electron chi connectivity index (χ4n) is 2.38. The normalized spacial score (nSPS) is 16.5. The van der Waals surface area contributed by atoms with Crippen LogP contribution in [0, 0.1) is 0 Å². The van der Waals surface area contributed by atoms with Crippen molar-refractivity contribution in [3.8, 4) is 11.5 Å². The van der Waals surface area contributed by atoms with Gasteiger partial charge in [0.2, 0.25) is 0 Å². The van der Waals surface area contributed by atoms with Crippen LogP contribution in [-0.4, -0.2) is 24.4 Å². The SMILES string of the molecule is COc1cc(/C=C/c2nc(C3(N)CCC3)no2)cc(OC)c1. The van der Waals surface area contributed by atoms with Crippen molar-refractivity contribution in [3.05, 3.63) is 35.5 Å². The van der Waals surface area contributed by atoms with Gasteiger partial charge in [-0.25, -0.2) is 0 Å². The third-order valence-corrected chi connectivity index (χ3v) is 3.92. The average molecular weight is 301 g/mol. The molecule has 0 aliphatic heterocycles. The standard InChI is InChI=1S/C16H19N3O3/c1-20-12-8-11(9-13(10-12)21-2)4-5-14-18-15(19-22-14)16(17)6-3-7-16/h4-5,8-10H,3,6-7,17H2,1-2H3/b5-4+. The van der Waals surface area contributed by atoms with Gasteiger partial charge in [0.25, 0.3) is 5.89 Å². The van der Waals surface area contributed by atoms with Gasteiger partial charge in [-0.3, -0.25) is 0 Å². The maximum Gasteiger partial charge on any atom is 0.250 e. The van der Waals surface area contributed by atoms with Gasteiger partial charge in [-0.1, -0.05) is 5.16 Å². The molecule has 1 aromatic carbocycles. The number of benzene rings is 1. The number of nitrogens with two attached hydrogens (primary N) is 1. The first-order valence-electron chi connectivity index (χ1n) is 7.17. The molecule has 1 aliphatic rings. The molecule has 0 unspecified atom stereocenters. The Labute approximate surface area is 128 Å². The predicted octanol–water partition coefficient (Wildman–Crippen LogP) is 2.60. The van der Waals surface area contributed by atoms with Crippen LogP contribution in [0.2, 0.25) is 0 Å². The molecule has 1 aromatic heterocycles. The molecule has 116 valence electrons. The zero-order valence-corrected chi connectivity index (χ0v) is 12.7. The minimum absolute atomic E-state index is 0.408. The molecule has 1 heterocycles. The molecule has 2 N–H and O–H groups in total. The van der Waals surface area contributed by atoms with E-state index in [1.807, 2.05) is 24.3 Å². The third-order valence-electron chi connectivity index (χ3n) is 3.92. The summed E-state index contributed by atoms with van der Waals surface area (Å²) >= 11 is 0. The summed E-state index contributed by atoms with van der Waals surface area (Å²) in [5.74, 6) is 2.47. The number of hydrogen-bond acceptors (Lipinski definition) is 6. The minimum Gasteiger partial charge on any atom is -0.497 e. The maximum absolute atomic E-state index is 6.18. The van der Waals surface area contributed by atoms with E-state index in [1.54, 1.807) is 20.3 Å². The molecule has 22 heavy (non-hydrogen) atoms. The van der Waals surface area contributed by atoms with Crippen LogP contribution in [0.3, 0.4) is 0 Å². The average Bonchev–Trinajstić information content (AvgIpc) is 2.99. The summed E-state index contributed by atoms with van der Waals surface area (Å²) < 4.78 is 15.7. The van der Waals surface area contributed by atoms with Crippen LogP contribution < -0.4 is 15.2 Å². The minimum atomic E-state index is -0.408. The fraction of sp³-hybridized carbons (Fsp3) is 0.375. The lowest BCUT2D eigenvalue weighted by Gasteiger charge is -2.34. The molecule has 0 radical (unpaired) electrons. The highest BCUT2D eigenvalue weighted by Gasteiger charge is 2.38. The van der Waals surface area contributed by atoms with E-state index in [9.17, 15) is 0 Å². The van der Waals surface area contributed by atoms with Crippen LogP contribution in [0.15, 0.2) is 22.7 Å². The maximum atomic E-state index is 6.18. The van der Waals surface area contributed by atoms with Crippen molar-refractivity contribution in [2.45, 2.75) is 24.8 Å². The van der Waals surface area contributed by atoms with Crippen molar-refractivity contribution < 1.29 is 14.0 Å². The number of ether oxygens (including phenoxy) is 2. The molecular weight excluding hydrogens is 282 g/mol. The van der Waals surface area contributed by atoms with Gasteiger partial charge in [0.05, 0.1) is 19.8 Å². The highest BCUT2D eigenvalue weighted by Crippen LogP contribution is 2.36. The van der Waals surface area contributed by atoms with E-state index in [0.717, 1.165) is 36.3 Å². The first-order valence-corrected chi connectivity index (χ1v) is 7.17. The number of hydrogen-bond donors (Lipinski definition) is 1. The number of nitrogens with zero attached hydrogens (tertiary/aromatic N) is 2. The number of methoxy groups -OCH3 is 2. The molecule has 6 heteroatoms. The molecule has 0 bridgehead atoms. The molecule has 6 nitrogen and oxygen atoms in total. The van der Waals surface area contributed by atoms with E-state index in [4.69, 9.17) is 19.7 Å². The van der Waals surface area contributed by atoms with E-state index in [0.29, 0.717) is 11.7 Å². The Morgan fingerprint density at radius 1 is 1.14 bits per heavy atom. The molecule has 0 saturated heterocycles. The van der Waals surface area contributed by atoms with Gasteiger partial charge >= 0.3 is 0 Å². The van der Waals surface area contributed by atoms with Crippen molar-refractivity contribution >= 4 is 12.2 Å². The van der Waals surface area contributed by atoms with Crippen molar-refractivity contribution in [2.24, 2.45) is 5.73 Å². The summed E-state index contributed by atoms with van der Waals surface area (Å²) in [6.45, 7) is 0. The second-order valence-corrected chi connectivity index (χ2v) is 5.45. The Hall–Kier alpha value is -2.34. The quantitative estimate of drug-likeness (QED) is 0.914. The van der Waals surface area contributed by atoms with E-state index >= 15 is 0 Å². The first kappa shape index (κ1) is 14.6. The summed E-state index contributed by atoms with van der Waals surface area (Å²) in [5, 5.41) is 3.98. The topological polar surface area (TPSA) is 83.4 Å². The van der Waals surface area contributed by atoms with Crippen molar-refractivity contribution in [1.29, 1.82) is 0 Å². The Morgan fingerprint density at radius 3 is 2.36 bits per heavy atom. The van der Waals surface area contributed by atoms with E-state index < -0.39 is 5.54 Å². The highest BCUT2D eigenvalue weighted by molar-refractivity contribution is 5.68. The largest absolute Gasteiger partial charge is 0.497 e. The lowest BCUT2D eigenvalue weighted by atomic mass is 9.77. The van der Waals surface area contributed by atoms with Crippen LogP contribution in [0.25, 0.3) is 12.2 Å². The molecular formula is C16H19N3O3. The fourth-order valence-corrected chi connectivity index (χ4v) is 2.38. The highest BCUT2D eigenvalue weighted by atomic mass is 16.5. The monoisotopic (exact) mass is 301 g/mol. The smallest absolute Gasteiger partial charge is 0.250 e. The molecule has 1 aliphatic carbocycles. The van der Waals surface area contributed by atoms with Gasteiger partial charge < -0.3 is 19.7 Å². The zero-order valence-electron chi connectivity index (χ0n) is 12.7. The van der Waals surface area contributed by atoms with Gasteiger partial charge in [-0.15, -0.1) is 0 Å². The van der Waals surface area contributed by atoms with Gasteiger partial charge in [0, 0.05) is 12.1 Å². The van der Waals surface area contributed by atoms with E-state index in [1.165, 1.54) is 0 Å². The zero-order chi connectivity index (χ0) is 15.6. The number of rotatable bonds is 5. The summed E-state index contributed by atoms with van der Waals surface area (Å²) in [6.07, 6.45) is 6.55. The van der Waals surface area contributed by atoms with Crippen molar-refractivity contribution in [1.82, 2.24) is 10.1 Å². The van der Waals surface area contributed by atoms with Crippen LogP contribution >= 0.6 is 0 Å². The molecule has 1 saturated carbocycles. The molecule has 0 amide bonds. The summed E-state index contributed by atoms with van der Waals surface area (Å²) in [4.78, 5) is 4.35. The lowest BCUT2D eigenvalue weighted by molar-refractivity contribution is 0.229. The van der Waals surface area contributed by atoms with Crippen molar-refractivity contribution in [3.63, 3.8) is 0 Å². The van der Waals surface area contributed by atoms with Gasteiger partial charge in [-0.05, 0) is 43.0 Å². The summed E-state index contributed by atoms with van der Waals surface area (Å²) in [5.41, 5.74) is 6.69. The molecule has 0 spiro atoms. The summed E-state index contributed by atoms with van der Waals surface area (Å²) in [6, 6.07) is 5.61. The Kier molecular flexibility index (Phi) is 3.85. The van der Waals surface area contributed by atoms with Crippen LogP contribution in [-0.2, 0) is 5.54 Å².